The quantitative estimate of drug-likeness (QED) is 0.325. The molecular formula is C11H15NO2. The van der Waals surface area contributed by atoms with Crippen molar-refractivity contribution in [2.75, 3.05) is 6.61 Å². The summed E-state index contributed by atoms with van der Waals surface area (Å²) in [6, 6.07) is 9.56. The first kappa shape index (κ1) is 10.7. The van der Waals surface area contributed by atoms with Crippen LogP contribution >= 0.6 is 0 Å². The molecule has 14 heavy (non-hydrogen) atoms. The smallest absolute Gasteiger partial charge is 0.0867 e. The summed E-state index contributed by atoms with van der Waals surface area (Å²) in [6.45, 7) is 0.188. The van der Waals surface area contributed by atoms with Crippen molar-refractivity contribution in [1.29, 1.82) is 0 Å². The molecule has 76 valence electrons. The summed E-state index contributed by atoms with van der Waals surface area (Å²) in [5.74, 6) is 0. The van der Waals surface area contributed by atoms with Gasteiger partial charge < -0.3 is 10.3 Å². The van der Waals surface area contributed by atoms with Crippen molar-refractivity contribution in [1.82, 2.24) is 0 Å². The zero-order valence-corrected chi connectivity index (χ0v) is 8.06. The molecule has 1 rings (SSSR count). The van der Waals surface area contributed by atoms with E-state index in [0.717, 1.165) is 18.4 Å². The van der Waals surface area contributed by atoms with Gasteiger partial charge >= 0.3 is 0 Å². The average molecular weight is 193 g/mol. The van der Waals surface area contributed by atoms with Gasteiger partial charge in [0.2, 0.25) is 0 Å². The maximum Gasteiger partial charge on any atom is 0.0867 e. The Balaban J connectivity index is 2.56. The zero-order valence-electron chi connectivity index (χ0n) is 8.06. The lowest BCUT2D eigenvalue weighted by atomic mass is 10.1. The highest BCUT2D eigenvalue weighted by atomic mass is 16.4. The minimum absolute atomic E-state index is 0.188. The molecular weight excluding hydrogens is 178 g/mol. The van der Waals surface area contributed by atoms with Gasteiger partial charge in [-0.25, -0.2) is 0 Å². The monoisotopic (exact) mass is 193 g/mol. The summed E-state index contributed by atoms with van der Waals surface area (Å²) in [5, 5.41) is 20.7. The minimum Gasteiger partial charge on any atom is -0.411 e. The van der Waals surface area contributed by atoms with Gasteiger partial charge in [0, 0.05) is 6.61 Å². The van der Waals surface area contributed by atoms with Crippen molar-refractivity contribution < 1.29 is 10.3 Å². The molecule has 0 atom stereocenters. The third-order valence-electron chi connectivity index (χ3n) is 2.05. The molecule has 0 radical (unpaired) electrons. The van der Waals surface area contributed by atoms with Crippen molar-refractivity contribution >= 4 is 5.71 Å². The second-order valence-electron chi connectivity index (χ2n) is 3.09. The van der Waals surface area contributed by atoms with Crippen LogP contribution in [0, 0.1) is 0 Å². The number of nitrogens with zero attached hydrogens (tertiary/aromatic N) is 1. The van der Waals surface area contributed by atoms with E-state index in [1.54, 1.807) is 0 Å². The molecule has 0 aliphatic rings. The Morgan fingerprint density at radius 3 is 2.43 bits per heavy atom. The first-order valence-electron chi connectivity index (χ1n) is 4.75. The number of aliphatic hydroxyl groups is 1. The van der Waals surface area contributed by atoms with Crippen LogP contribution in [-0.4, -0.2) is 22.6 Å². The second-order valence-corrected chi connectivity index (χ2v) is 3.09. The maximum atomic E-state index is 8.80. The summed E-state index contributed by atoms with van der Waals surface area (Å²) < 4.78 is 0. The molecule has 0 bridgehead atoms. The fraction of sp³-hybridized carbons (Fsp3) is 0.364. The molecule has 3 nitrogen and oxygen atoms in total. The highest BCUT2D eigenvalue weighted by Crippen LogP contribution is 2.07. The number of aliphatic hydroxyl groups excluding tert-OH is 1. The van der Waals surface area contributed by atoms with Gasteiger partial charge in [-0.2, -0.15) is 0 Å². The number of hydrogen-bond donors (Lipinski definition) is 2. The van der Waals surface area contributed by atoms with E-state index in [1.807, 2.05) is 30.3 Å². The first-order chi connectivity index (χ1) is 6.88. The Bertz CT molecular complexity index is 283. The summed E-state index contributed by atoms with van der Waals surface area (Å²) in [7, 11) is 0. The Hall–Kier alpha value is -1.35. The first-order valence-corrected chi connectivity index (χ1v) is 4.75. The van der Waals surface area contributed by atoms with Gasteiger partial charge in [0.15, 0.2) is 0 Å². The number of rotatable bonds is 5. The molecule has 0 aliphatic heterocycles. The minimum atomic E-state index is 0.188. The molecule has 0 unspecified atom stereocenters. The molecule has 3 heteroatoms. The largest absolute Gasteiger partial charge is 0.411 e. The molecule has 0 amide bonds. The molecule has 2 N–H and O–H groups in total. The van der Waals surface area contributed by atoms with Crippen LogP contribution in [0.5, 0.6) is 0 Å². The van der Waals surface area contributed by atoms with Crippen LogP contribution in [0.25, 0.3) is 0 Å². The zero-order chi connectivity index (χ0) is 10.2. The van der Waals surface area contributed by atoms with E-state index in [4.69, 9.17) is 10.3 Å². The molecule has 0 saturated carbocycles. The van der Waals surface area contributed by atoms with E-state index in [-0.39, 0.29) is 6.61 Å². The molecule has 0 aromatic heterocycles. The molecule has 1 aromatic carbocycles. The predicted octanol–water partition coefficient (Wildman–Crippen LogP) is 2.03. The van der Waals surface area contributed by atoms with Crippen LogP contribution < -0.4 is 0 Å². The molecule has 0 spiro atoms. The predicted molar refractivity (Wildman–Crippen MR) is 55.7 cm³/mol. The van der Waals surface area contributed by atoms with Crippen molar-refractivity contribution in [3.8, 4) is 0 Å². The molecule has 0 aliphatic carbocycles. The Morgan fingerprint density at radius 2 is 1.86 bits per heavy atom. The molecule has 0 heterocycles. The highest BCUT2D eigenvalue weighted by molar-refractivity contribution is 6.00. The van der Waals surface area contributed by atoms with Gasteiger partial charge in [-0.3, -0.25) is 0 Å². The average Bonchev–Trinajstić information content (AvgIpc) is 2.26. The summed E-state index contributed by atoms with van der Waals surface area (Å²) >= 11 is 0. The Labute approximate surface area is 83.7 Å². The van der Waals surface area contributed by atoms with E-state index in [1.165, 1.54) is 0 Å². The Kier molecular flexibility index (Phi) is 4.72. The van der Waals surface area contributed by atoms with Gasteiger partial charge in [-0.05, 0) is 24.8 Å². The van der Waals surface area contributed by atoms with Gasteiger partial charge in [-0.15, -0.1) is 0 Å². The SMILES string of the molecule is OCCCCC(=NO)c1ccccc1. The lowest BCUT2D eigenvalue weighted by Crippen LogP contribution is -2.01. The second kappa shape index (κ2) is 6.16. The maximum absolute atomic E-state index is 8.80. The number of oxime groups is 1. The van der Waals surface area contributed by atoms with E-state index >= 15 is 0 Å². The fourth-order valence-electron chi connectivity index (χ4n) is 1.29. The van der Waals surface area contributed by atoms with Gasteiger partial charge in [0.25, 0.3) is 0 Å². The van der Waals surface area contributed by atoms with Crippen LogP contribution in [0.4, 0.5) is 0 Å². The van der Waals surface area contributed by atoms with Gasteiger partial charge in [0.05, 0.1) is 5.71 Å². The van der Waals surface area contributed by atoms with Crippen LogP contribution in [0.3, 0.4) is 0 Å². The summed E-state index contributed by atoms with van der Waals surface area (Å²) in [4.78, 5) is 0. The summed E-state index contributed by atoms with van der Waals surface area (Å²) in [6.07, 6.45) is 2.28. The van der Waals surface area contributed by atoms with Crippen LogP contribution in [-0.2, 0) is 0 Å². The number of unbranched alkanes of at least 4 members (excludes halogenated alkanes) is 1. The van der Waals surface area contributed by atoms with Crippen molar-refractivity contribution in [2.45, 2.75) is 19.3 Å². The fourth-order valence-corrected chi connectivity index (χ4v) is 1.29. The van der Waals surface area contributed by atoms with Crippen LogP contribution in [0.1, 0.15) is 24.8 Å². The topological polar surface area (TPSA) is 52.8 Å². The van der Waals surface area contributed by atoms with Crippen LogP contribution in [0.15, 0.2) is 35.5 Å². The highest BCUT2D eigenvalue weighted by Gasteiger charge is 2.02. The van der Waals surface area contributed by atoms with Crippen molar-refractivity contribution in [3.05, 3.63) is 35.9 Å². The third kappa shape index (κ3) is 3.18. The van der Waals surface area contributed by atoms with Crippen molar-refractivity contribution in [2.24, 2.45) is 5.16 Å². The lowest BCUT2D eigenvalue weighted by molar-refractivity contribution is 0.284. The standard InChI is InChI=1S/C11H15NO2/c13-9-5-4-8-11(12-14)10-6-2-1-3-7-10/h1-3,6-7,13-14H,4-5,8-9H2. The number of benzene rings is 1. The van der Waals surface area contributed by atoms with E-state index in [9.17, 15) is 0 Å². The van der Waals surface area contributed by atoms with Gasteiger partial charge in [-0.1, -0.05) is 35.5 Å². The third-order valence-corrected chi connectivity index (χ3v) is 2.05. The summed E-state index contributed by atoms with van der Waals surface area (Å²) in [5.41, 5.74) is 1.62. The lowest BCUT2D eigenvalue weighted by Gasteiger charge is -2.03. The molecule has 1 aromatic rings. The van der Waals surface area contributed by atoms with E-state index < -0.39 is 0 Å². The Morgan fingerprint density at radius 1 is 1.14 bits per heavy atom. The van der Waals surface area contributed by atoms with Gasteiger partial charge in [0.1, 0.15) is 0 Å². The van der Waals surface area contributed by atoms with Crippen molar-refractivity contribution in [3.63, 3.8) is 0 Å². The van der Waals surface area contributed by atoms with E-state index in [0.29, 0.717) is 12.1 Å². The normalized spacial score (nSPS) is 11.6. The van der Waals surface area contributed by atoms with E-state index in [2.05, 4.69) is 5.16 Å². The molecule has 0 saturated heterocycles. The molecule has 0 fully saturated rings. The van der Waals surface area contributed by atoms with Crippen LogP contribution in [0.2, 0.25) is 0 Å². The number of hydrogen-bond acceptors (Lipinski definition) is 3.